The van der Waals surface area contributed by atoms with E-state index in [4.69, 9.17) is 23.2 Å². The summed E-state index contributed by atoms with van der Waals surface area (Å²) in [6.07, 6.45) is 2.26. The molecule has 0 amide bonds. The normalized spacial score (nSPS) is 20.5. The first kappa shape index (κ1) is 16.6. The highest BCUT2D eigenvalue weighted by molar-refractivity contribution is 6.30. The van der Waals surface area contributed by atoms with Gasteiger partial charge in [0.15, 0.2) is 0 Å². The molecular weight excluding hydrogens is 325 g/mol. The van der Waals surface area contributed by atoms with Crippen molar-refractivity contribution in [1.29, 1.82) is 0 Å². The molecule has 1 nitrogen and oxygen atoms in total. The molecule has 21 heavy (non-hydrogen) atoms. The second-order valence-electron chi connectivity index (χ2n) is 5.30. The van der Waals surface area contributed by atoms with Crippen LogP contribution in [0.2, 0.25) is 10.0 Å². The average molecular weight is 343 g/mol. The monoisotopic (exact) mass is 341 g/mol. The predicted molar refractivity (Wildman–Crippen MR) is 93.0 cm³/mol. The van der Waals surface area contributed by atoms with Gasteiger partial charge in [-0.3, -0.25) is 0 Å². The number of rotatable bonds is 2. The van der Waals surface area contributed by atoms with Gasteiger partial charge >= 0.3 is 0 Å². The molecule has 1 aliphatic rings. The van der Waals surface area contributed by atoms with Crippen LogP contribution in [0.15, 0.2) is 42.5 Å². The molecule has 0 fully saturated rings. The van der Waals surface area contributed by atoms with Crippen molar-refractivity contribution in [3.05, 3.63) is 69.2 Å². The smallest absolute Gasteiger partial charge is 0.0409 e. The van der Waals surface area contributed by atoms with E-state index in [0.717, 1.165) is 22.9 Å². The Balaban J connectivity index is 0.00000161. The first-order valence-corrected chi connectivity index (χ1v) is 7.66. The second-order valence-corrected chi connectivity index (χ2v) is 6.17. The van der Waals surface area contributed by atoms with Crippen LogP contribution in [0, 0.1) is 0 Å². The fourth-order valence-electron chi connectivity index (χ4n) is 3.15. The lowest BCUT2D eigenvalue weighted by atomic mass is 9.77. The Hall–Kier alpha value is -0.730. The molecule has 112 valence electrons. The zero-order chi connectivity index (χ0) is 14.1. The molecule has 0 aliphatic heterocycles. The molecule has 0 spiro atoms. The van der Waals surface area contributed by atoms with E-state index >= 15 is 0 Å². The van der Waals surface area contributed by atoms with Gasteiger partial charge in [-0.2, -0.15) is 0 Å². The van der Waals surface area contributed by atoms with Crippen LogP contribution >= 0.6 is 35.6 Å². The van der Waals surface area contributed by atoms with Crippen LogP contribution in [0.25, 0.3) is 0 Å². The van der Waals surface area contributed by atoms with Gasteiger partial charge in [0.25, 0.3) is 0 Å². The first-order valence-electron chi connectivity index (χ1n) is 6.91. The van der Waals surface area contributed by atoms with Gasteiger partial charge < -0.3 is 5.32 Å². The topological polar surface area (TPSA) is 12.0 Å². The Morgan fingerprint density at radius 1 is 0.905 bits per heavy atom. The number of nitrogens with one attached hydrogen (secondary N) is 1. The Morgan fingerprint density at radius 2 is 1.57 bits per heavy atom. The summed E-state index contributed by atoms with van der Waals surface area (Å²) in [5.74, 6) is 0.434. The summed E-state index contributed by atoms with van der Waals surface area (Å²) in [4.78, 5) is 0. The number of halogens is 3. The van der Waals surface area contributed by atoms with Gasteiger partial charge in [-0.25, -0.2) is 0 Å². The summed E-state index contributed by atoms with van der Waals surface area (Å²) >= 11 is 12.2. The Morgan fingerprint density at radius 3 is 2.24 bits per heavy atom. The largest absolute Gasteiger partial charge is 0.313 e. The minimum Gasteiger partial charge on any atom is -0.313 e. The molecule has 0 saturated carbocycles. The first-order chi connectivity index (χ1) is 9.69. The van der Waals surface area contributed by atoms with E-state index in [2.05, 4.69) is 29.6 Å². The SMILES string of the molecule is CN[C@@H]1CC[C@@H](c2ccc(Cl)cc2)c2ccc(Cl)cc21.Cl. The van der Waals surface area contributed by atoms with E-state index in [-0.39, 0.29) is 12.4 Å². The average Bonchev–Trinajstić information content (AvgIpc) is 2.47. The van der Waals surface area contributed by atoms with Crippen molar-refractivity contribution in [1.82, 2.24) is 5.32 Å². The van der Waals surface area contributed by atoms with Crippen molar-refractivity contribution < 1.29 is 0 Å². The Kier molecular flexibility index (Phi) is 5.56. The van der Waals surface area contributed by atoms with Crippen LogP contribution in [-0.2, 0) is 0 Å². The summed E-state index contributed by atoms with van der Waals surface area (Å²) in [6.45, 7) is 0. The molecular formula is C17H18Cl3N. The van der Waals surface area contributed by atoms with Gasteiger partial charge in [0.1, 0.15) is 0 Å². The fourth-order valence-corrected chi connectivity index (χ4v) is 3.46. The van der Waals surface area contributed by atoms with E-state index in [1.807, 2.05) is 25.2 Å². The Bertz CT molecular complexity index is 610. The van der Waals surface area contributed by atoms with Crippen molar-refractivity contribution >= 4 is 35.6 Å². The number of fused-ring (bicyclic) bond motifs is 1. The maximum absolute atomic E-state index is 6.17. The van der Waals surface area contributed by atoms with Crippen molar-refractivity contribution in [2.45, 2.75) is 24.8 Å². The summed E-state index contributed by atoms with van der Waals surface area (Å²) in [7, 11) is 2.01. The van der Waals surface area contributed by atoms with Gasteiger partial charge in [-0.1, -0.05) is 41.4 Å². The lowest BCUT2D eigenvalue weighted by Gasteiger charge is -2.32. The van der Waals surface area contributed by atoms with E-state index in [9.17, 15) is 0 Å². The van der Waals surface area contributed by atoms with Crippen molar-refractivity contribution in [3.8, 4) is 0 Å². The molecule has 0 bridgehead atoms. The summed E-state index contributed by atoms with van der Waals surface area (Å²) in [5, 5.41) is 4.98. The van der Waals surface area contributed by atoms with E-state index in [1.54, 1.807) is 0 Å². The third-order valence-electron chi connectivity index (χ3n) is 4.16. The predicted octanol–water partition coefficient (Wildman–Crippen LogP) is 5.60. The third kappa shape index (κ3) is 3.37. The summed E-state index contributed by atoms with van der Waals surface area (Å²) in [6, 6.07) is 14.8. The van der Waals surface area contributed by atoms with E-state index in [1.165, 1.54) is 16.7 Å². The minimum atomic E-state index is 0. The molecule has 0 heterocycles. The van der Waals surface area contributed by atoms with Gasteiger partial charge in [0.2, 0.25) is 0 Å². The van der Waals surface area contributed by atoms with Crippen LogP contribution in [-0.4, -0.2) is 7.05 Å². The minimum absolute atomic E-state index is 0. The van der Waals surface area contributed by atoms with Gasteiger partial charge in [-0.15, -0.1) is 12.4 Å². The lowest BCUT2D eigenvalue weighted by molar-refractivity contribution is 0.471. The molecule has 4 heteroatoms. The molecule has 3 rings (SSSR count). The molecule has 2 atom stereocenters. The molecule has 0 radical (unpaired) electrons. The van der Waals surface area contributed by atoms with Gasteiger partial charge in [0.05, 0.1) is 0 Å². The zero-order valence-electron chi connectivity index (χ0n) is 11.8. The van der Waals surface area contributed by atoms with Crippen LogP contribution < -0.4 is 5.32 Å². The lowest BCUT2D eigenvalue weighted by Crippen LogP contribution is -2.24. The number of benzene rings is 2. The second kappa shape index (κ2) is 7.02. The molecule has 0 aromatic heterocycles. The van der Waals surface area contributed by atoms with E-state index in [0.29, 0.717) is 12.0 Å². The van der Waals surface area contributed by atoms with Crippen LogP contribution in [0.3, 0.4) is 0 Å². The van der Waals surface area contributed by atoms with Crippen molar-refractivity contribution in [2.75, 3.05) is 7.05 Å². The molecule has 2 aromatic carbocycles. The molecule has 0 unspecified atom stereocenters. The number of hydrogen-bond acceptors (Lipinski definition) is 1. The van der Waals surface area contributed by atoms with Crippen molar-refractivity contribution in [2.24, 2.45) is 0 Å². The van der Waals surface area contributed by atoms with E-state index < -0.39 is 0 Å². The summed E-state index contributed by atoms with van der Waals surface area (Å²) < 4.78 is 0. The number of hydrogen-bond donors (Lipinski definition) is 1. The Labute approximate surface area is 142 Å². The standard InChI is InChI=1S/C17H17Cl2N.ClH/c1-20-17-9-8-14(11-2-4-12(18)5-3-11)15-7-6-13(19)10-16(15)17;/h2-7,10,14,17,20H,8-9H2,1H3;1H/t14-,17+;/m0./s1. The maximum Gasteiger partial charge on any atom is 0.0409 e. The zero-order valence-corrected chi connectivity index (χ0v) is 14.1. The van der Waals surface area contributed by atoms with Crippen LogP contribution in [0.5, 0.6) is 0 Å². The van der Waals surface area contributed by atoms with Gasteiger partial charge in [-0.05, 0) is 60.8 Å². The highest BCUT2D eigenvalue weighted by Crippen LogP contribution is 2.42. The third-order valence-corrected chi connectivity index (χ3v) is 4.65. The fraction of sp³-hybridized carbons (Fsp3) is 0.294. The van der Waals surface area contributed by atoms with Crippen molar-refractivity contribution in [3.63, 3.8) is 0 Å². The molecule has 0 saturated heterocycles. The van der Waals surface area contributed by atoms with Crippen LogP contribution in [0.4, 0.5) is 0 Å². The molecule has 1 aliphatic carbocycles. The highest BCUT2D eigenvalue weighted by atomic mass is 35.5. The maximum atomic E-state index is 6.17. The van der Waals surface area contributed by atoms with Gasteiger partial charge in [0, 0.05) is 22.0 Å². The quantitative estimate of drug-likeness (QED) is 0.749. The summed E-state index contributed by atoms with van der Waals surface area (Å²) in [5.41, 5.74) is 4.03. The highest BCUT2D eigenvalue weighted by Gasteiger charge is 2.27. The molecule has 1 N–H and O–H groups in total. The van der Waals surface area contributed by atoms with Crippen LogP contribution in [0.1, 0.15) is 41.5 Å². The molecule has 2 aromatic rings.